The summed E-state index contributed by atoms with van der Waals surface area (Å²) in [5.41, 5.74) is 0.342. The molecule has 0 fully saturated rings. The SMILES string of the molecule is Cc1nn(C)cc1CNC(=O)c1cc([N+](=O)[O-])cc([N+](=O)[O-])c1. The number of nitrogens with zero attached hydrogens (tertiary/aromatic N) is 4. The highest BCUT2D eigenvalue weighted by Gasteiger charge is 2.20. The average Bonchev–Trinajstić information content (AvgIpc) is 2.82. The van der Waals surface area contributed by atoms with E-state index in [1.54, 1.807) is 24.9 Å². The van der Waals surface area contributed by atoms with Gasteiger partial charge in [-0.3, -0.25) is 29.7 Å². The first kappa shape index (κ1) is 16.1. The molecule has 0 aliphatic heterocycles. The minimum absolute atomic E-state index is 0.146. The number of carbonyl (C=O) groups is 1. The molecule has 0 spiro atoms. The highest BCUT2D eigenvalue weighted by Crippen LogP contribution is 2.22. The number of aryl methyl sites for hydroxylation is 2. The first-order valence-corrected chi connectivity index (χ1v) is 6.49. The third kappa shape index (κ3) is 3.67. The molecule has 0 radical (unpaired) electrons. The molecule has 0 aliphatic carbocycles. The Bertz CT molecular complexity index is 766. The van der Waals surface area contributed by atoms with Crippen LogP contribution in [0.2, 0.25) is 0 Å². The lowest BCUT2D eigenvalue weighted by Crippen LogP contribution is -2.23. The zero-order chi connectivity index (χ0) is 17.1. The van der Waals surface area contributed by atoms with Crippen LogP contribution in [0.5, 0.6) is 0 Å². The Kier molecular flexibility index (Phi) is 4.35. The van der Waals surface area contributed by atoms with E-state index >= 15 is 0 Å². The minimum Gasteiger partial charge on any atom is -0.348 e. The van der Waals surface area contributed by atoms with Crippen LogP contribution >= 0.6 is 0 Å². The summed E-state index contributed by atoms with van der Waals surface area (Å²) >= 11 is 0. The molecule has 2 rings (SSSR count). The molecular weight excluding hydrogens is 306 g/mol. The maximum absolute atomic E-state index is 12.1. The van der Waals surface area contributed by atoms with Crippen molar-refractivity contribution in [2.75, 3.05) is 0 Å². The van der Waals surface area contributed by atoms with Crippen LogP contribution in [0.15, 0.2) is 24.4 Å². The molecule has 120 valence electrons. The number of hydrogen-bond donors (Lipinski definition) is 1. The van der Waals surface area contributed by atoms with Gasteiger partial charge in [0.1, 0.15) is 0 Å². The van der Waals surface area contributed by atoms with Gasteiger partial charge in [-0.25, -0.2) is 0 Å². The van der Waals surface area contributed by atoms with E-state index in [9.17, 15) is 25.0 Å². The molecule has 23 heavy (non-hydrogen) atoms. The predicted octanol–water partition coefficient (Wildman–Crippen LogP) is 1.47. The van der Waals surface area contributed by atoms with Crippen LogP contribution < -0.4 is 5.32 Å². The Labute approximate surface area is 130 Å². The zero-order valence-electron chi connectivity index (χ0n) is 12.3. The Hall–Kier alpha value is -3.30. The van der Waals surface area contributed by atoms with Gasteiger partial charge in [0.25, 0.3) is 17.3 Å². The second-order valence-electron chi connectivity index (χ2n) is 4.85. The molecule has 0 atom stereocenters. The second kappa shape index (κ2) is 6.22. The molecule has 1 aromatic heterocycles. The summed E-state index contributed by atoms with van der Waals surface area (Å²) in [6.07, 6.45) is 1.73. The lowest BCUT2D eigenvalue weighted by Gasteiger charge is -2.04. The maximum atomic E-state index is 12.1. The van der Waals surface area contributed by atoms with Crippen molar-refractivity contribution in [2.24, 2.45) is 7.05 Å². The Morgan fingerprint density at radius 1 is 1.22 bits per heavy atom. The number of aromatic nitrogens is 2. The number of nitro groups is 2. The summed E-state index contributed by atoms with van der Waals surface area (Å²) in [6, 6.07) is 2.80. The van der Waals surface area contributed by atoms with E-state index in [0.29, 0.717) is 0 Å². The normalized spacial score (nSPS) is 10.3. The first-order chi connectivity index (χ1) is 10.8. The van der Waals surface area contributed by atoms with Gasteiger partial charge in [0.05, 0.1) is 27.2 Å². The fourth-order valence-corrected chi connectivity index (χ4v) is 2.04. The van der Waals surface area contributed by atoms with Crippen LogP contribution in [0.3, 0.4) is 0 Å². The first-order valence-electron chi connectivity index (χ1n) is 6.49. The summed E-state index contributed by atoms with van der Waals surface area (Å²) in [5.74, 6) is -0.639. The molecule has 1 aromatic carbocycles. The third-order valence-corrected chi connectivity index (χ3v) is 3.14. The van der Waals surface area contributed by atoms with Crippen LogP contribution in [0, 0.1) is 27.2 Å². The van der Waals surface area contributed by atoms with E-state index in [1.807, 2.05) is 0 Å². The van der Waals surface area contributed by atoms with Crippen molar-refractivity contribution in [3.05, 3.63) is 61.4 Å². The van der Waals surface area contributed by atoms with Crippen molar-refractivity contribution in [2.45, 2.75) is 13.5 Å². The predicted molar refractivity (Wildman–Crippen MR) is 78.9 cm³/mol. The molecule has 10 nitrogen and oxygen atoms in total. The smallest absolute Gasteiger partial charge is 0.277 e. The van der Waals surface area contributed by atoms with E-state index in [4.69, 9.17) is 0 Å². The average molecular weight is 319 g/mol. The van der Waals surface area contributed by atoms with Crippen molar-refractivity contribution in [1.29, 1.82) is 0 Å². The number of nitro benzene ring substituents is 2. The molecule has 10 heteroatoms. The van der Waals surface area contributed by atoms with Gasteiger partial charge < -0.3 is 5.32 Å². The van der Waals surface area contributed by atoms with Crippen LogP contribution in [-0.4, -0.2) is 25.5 Å². The Morgan fingerprint density at radius 2 is 1.78 bits per heavy atom. The van der Waals surface area contributed by atoms with Gasteiger partial charge >= 0.3 is 0 Å². The monoisotopic (exact) mass is 319 g/mol. The lowest BCUT2D eigenvalue weighted by atomic mass is 10.1. The lowest BCUT2D eigenvalue weighted by molar-refractivity contribution is -0.394. The van der Waals surface area contributed by atoms with Crippen molar-refractivity contribution in [3.63, 3.8) is 0 Å². The van der Waals surface area contributed by atoms with Crippen molar-refractivity contribution in [1.82, 2.24) is 15.1 Å². The quantitative estimate of drug-likeness (QED) is 0.655. The van der Waals surface area contributed by atoms with E-state index in [-0.39, 0.29) is 12.1 Å². The molecular formula is C13H13N5O5. The molecule has 0 bridgehead atoms. The summed E-state index contributed by atoms with van der Waals surface area (Å²) in [7, 11) is 1.74. The van der Waals surface area contributed by atoms with Gasteiger partial charge in [-0.2, -0.15) is 5.10 Å². The molecule has 0 saturated heterocycles. The number of rotatable bonds is 5. The fourth-order valence-electron chi connectivity index (χ4n) is 2.04. The fraction of sp³-hybridized carbons (Fsp3) is 0.231. The van der Waals surface area contributed by atoms with E-state index < -0.39 is 27.1 Å². The number of nitrogens with one attached hydrogen (secondary N) is 1. The number of non-ortho nitro benzene ring substituents is 2. The highest BCUT2D eigenvalue weighted by molar-refractivity contribution is 5.95. The molecule has 1 amide bonds. The van der Waals surface area contributed by atoms with Crippen molar-refractivity contribution >= 4 is 17.3 Å². The topological polar surface area (TPSA) is 133 Å². The van der Waals surface area contributed by atoms with Crippen molar-refractivity contribution < 1.29 is 14.6 Å². The number of hydrogen-bond acceptors (Lipinski definition) is 6. The van der Waals surface area contributed by atoms with E-state index in [0.717, 1.165) is 29.5 Å². The van der Waals surface area contributed by atoms with Gasteiger partial charge in [-0.15, -0.1) is 0 Å². The minimum atomic E-state index is -0.783. The summed E-state index contributed by atoms with van der Waals surface area (Å²) in [6.45, 7) is 1.94. The summed E-state index contributed by atoms with van der Waals surface area (Å²) in [5, 5.41) is 28.3. The molecule has 1 N–H and O–H groups in total. The van der Waals surface area contributed by atoms with Crippen LogP contribution in [0.4, 0.5) is 11.4 Å². The van der Waals surface area contributed by atoms with Crippen LogP contribution in [0.25, 0.3) is 0 Å². The van der Waals surface area contributed by atoms with E-state index in [2.05, 4.69) is 10.4 Å². The summed E-state index contributed by atoms with van der Waals surface area (Å²) in [4.78, 5) is 32.2. The van der Waals surface area contributed by atoms with E-state index in [1.165, 1.54) is 0 Å². The van der Waals surface area contributed by atoms with Gasteiger partial charge in [0.15, 0.2) is 0 Å². The zero-order valence-corrected chi connectivity index (χ0v) is 12.3. The number of benzene rings is 1. The molecule has 0 aliphatic rings. The Morgan fingerprint density at radius 3 is 2.22 bits per heavy atom. The number of carbonyl (C=O) groups excluding carboxylic acids is 1. The van der Waals surface area contributed by atoms with Gasteiger partial charge in [-0.05, 0) is 6.92 Å². The summed E-state index contributed by atoms with van der Waals surface area (Å²) < 4.78 is 1.59. The van der Waals surface area contributed by atoms with Gasteiger partial charge in [0.2, 0.25) is 0 Å². The highest BCUT2D eigenvalue weighted by atomic mass is 16.6. The number of amides is 1. The van der Waals surface area contributed by atoms with Crippen LogP contribution in [0.1, 0.15) is 21.6 Å². The van der Waals surface area contributed by atoms with Crippen molar-refractivity contribution in [3.8, 4) is 0 Å². The molecule has 2 aromatic rings. The second-order valence-corrected chi connectivity index (χ2v) is 4.85. The molecule has 0 unspecified atom stereocenters. The van der Waals surface area contributed by atoms with Gasteiger partial charge in [0, 0.05) is 37.5 Å². The largest absolute Gasteiger partial charge is 0.348 e. The standard InChI is InChI=1S/C13H13N5O5/c1-8-10(7-16(2)15-8)6-14-13(19)9-3-11(17(20)21)5-12(4-9)18(22)23/h3-5,7H,6H2,1-2H3,(H,14,19). The molecule has 0 saturated carbocycles. The van der Waals surface area contributed by atoms with Crippen LogP contribution in [-0.2, 0) is 13.6 Å². The third-order valence-electron chi connectivity index (χ3n) is 3.14. The molecule has 1 heterocycles. The van der Waals surface area contributed by atoms with Gasteiger partial charge in [-0.1, -0.05) is 0 Å². The maximum Gasteiger partial charge on any atom is 0.277 e. The Balaban J connectivity index is 2.22.